The SMILES string of the molecule is CCOC(=O)CCc1cc(C2CC2)cc2cc(CN)nn12. The van der Waals surface area contributed by atoms with Crippen LogP contribution < -0.4 is 5.73 Å². The number of nitrogens with two attached hydrogens (primary N) is 1. The average molecular weight is 287 g/mol. The number of carbonyl (C=O) groups is 1. The largest absolute Gasteiger partial charge is 0.466 e. The van der Waals surface area contributed by atoms with Crippen LogP contribution in [0.1, 0.15) is 49.1 Å². The Morgan fingerprint density at radius 1 is 1.43 bits per heavy atom. The van der Waals surface area contributed by atoms with Gasteiger partial charge in [0.05, 0.1) is 24.2 Å². The zero-order chi connectivity index (χ0) is 14.8. The van der Waals surface area contributed by atoms with E-state index in [-0.39, 0.29) is 5.97 Å². The predicted octanol–water partition coefficient (Wildman–Crippen LogP) is 2.17. The topological polar surface area (TPSA) is 69.6 Å². The van der Waals surface area contributed by atoms with E-state index in [0.29, 0.717) is 31.9 Å². The number of hydrogen-bond donors (Lipinski definition) is 1. The van der Waals surface area contributed by atoms with Gasteiger partial charge in [-0.05, 0) is 49.4 Å². The number of rotatable bonds is 6. The van der Waals surface area contributed by atoms with Crippen molar-refractivity contribution in [3.8, 4) is 0 Å². The molecule has 1 saturated carbocycles. The van der Waals surface area contributed by atoms with Crippen LogP contribution in [-0.2, 0) is 22.5 Å². The number of nitrogens with zero attached hydrogens (tertiary/aromatic N) is 2. The fourth-order valence-corrected chi connectivity index (χ4v) is 2.64. The zero-order valence-electron chi connectivity index (χ0n) is 12.3. The van der Waals surface area contributed by atoms with E-state index in [4.69, 9.17) is 10.5 Å². The first kappa shape index (κ1) is 14.1. The van der Waals surface area contributed by atoms with Crippen LogP contribution in [0.2, 0.25) is 0 Å². The third-order valence-corrected chi connectivity index (χ3v) is 3.86. The first-order valence-corrected chi connectivity index (χ1v) is 7.58. The molecule has 5 nitrogen and oxygen atoms in total. The smallest absolute Gasteiger partial charge is 0.306 e. The Morgan fingerprint density at radius 3 is 2.90 bits per heavy atom. The predicted molar refractivity (Wildman–Crippen MR) is 80.0 cm³/mol. The minimum Gasteiger partial charge on any atom is -0.466 e. The molecule has 112 valence electrons. The van der Waals surface area contributed by atoms with Gasteiger partial charge in [0, 0.05) is 18.7 Å². The molecular weight excluding hydrogens is 266 g/mol. The van der Waals surface area contributed by atoms with Crippen LogP contribution in [-0.4, -0.2) is 22.2 Å². The molecule has 0 radical (unpaired) electrons. The molecule has 21 heavy (non-hydrogen) atoms. The van der Waals surface area contributed by atoms with Gasteiger partial charge in [-0.2, -0.15) is 5.10 Å². The van der Waals surface area contributed by atoms with Crippen LogP contribution in [0.4, 0.5) is 0 Å². The zero-order valence-corrected chi connectivity index (χ0v) is 12.3. The molecule has 2 aromatic heterocycles. The van der Waals surface area contributed by atoms with E-state index in [2.05, 4.69) is 17.2 Å². The van der Waals surface area contributed by atoms with Crippen molar-refractivity contribution >= 4 is 11.5 Å². The highest BCUT2D eigenvalue weighted by molar-refractivity contribution is 5.69. The van der Waals surface area contributed by atoms with Crippen LogP contribution in [0.25, 0.3) is 5.52 Å². The molecule has 1 aliphatic rings. The van der Waals surface area contributed by atoms with Gasteiger partial charge in [-0.15, -0.1) is 0 Å². The summed E-state index contributed by atoms with van der Waals surface area (Å²) in [5.41, 5.74) is 10.0. The van der Waals surface area contributed by atoms with Gasteiger partial charge in [0.15, 0.2) is 0 Å². The Labute approximate surface area is 124 Å². The minimum absolute atomic E-state index is 0.159. The van der Waals surface area contributed by atoms with E-state index < -0.39 is 0 Å². The van der Waals surface area contributed by atoms with E-state index in [1.54, 1.807) is 0 Å². The van der Waals surface area contributed by atoms with Gasteiger partial charge >= 0.3 is 5.97 Å². The summed E-state index contributed by atoms with van der Waals surface area (Å²) in [4.78, 5) is 11.6. The number of aromatic nitrogens is 2. The molecule has 2 heterocycles. The monoisotopic (exact) mass is 287 g/mol. The van der Waals surface area contributed by atoms with Crippen molar-refractivity contribution in [2.45, 2.75) is 45.1 Å². The highest BCUT2D eigenvalue weighted by atomic mass is 16.5. The lowest BCUT2D eigenvalue weighted by atomic mass is 10.1. The first-order chi connectivity index (χ1) is 10.2. The fourth-order valence-electron chi connectivity index (χ4n) is 2.64. The molecule has 0 amide bonds. The van der Waals surface area contributed by atoms with Crippen molar-refractivity contribution in [2.24, 2.45) is 5.73 Å². The molecule has 0 aromatic carbocycles. The Bertz CT molecular complexity index is 659. The molecule has 0 bridgehead atoms. The van der Waals surface area contributed by atoms with Crippen molar-refractivity contribution in [1.82, 2.24) is 9.61 Å². The number of fused-ring (bicyclic) bond motifs is 1. The Balaban J connectivity index is 1.90. The number of carbonyl (C=O) groups excluding carboxylic acids is 1. The second-order valence-corrected chi connectivity index (χ2v) is 5.54. The summed E-state index contributed by atoms with van der Waals surface area (Å²) in [6.07, 6.45) is 3.53. The van der Waals surface area contributed by atoms with Gasteiger partial charge in [0.2, 0.25) is 0 Å². The third kappa shape index (κ3) is 3.08. The standard InChI is InChI=1S/C16H21N3O2/c1-2-21-16(20)6-5-14-7-12(11-3-4-11)8-15-9-13(10-17)18-19(14)15/h7-9,11H,2-6,10,17H2,1H3. The van der Waals surface area contributed by atoms with Crippen LogP contribution in [0.15, 0.2) is 18.2 Å². The number of pyridine rings is 1. The van der Waals surface area contributed by atoms with E-state index in [0.717, 1.165) is 16.9 Å². The highest BCUT2D eigenvalue weighted by Crippen LogP contribution is 2.40. The maximum absolute atomic E-state index is 11.6. The average Bonchev–Trinajstić information content (AvgIpc) is 3.24. The molecule has 0 saturated heterocycles. The second-order valence-electron chi connectivity index (χ2n) is 5.54. The van der Waals surface area contributed by atoms with E-state index >= 15 is 0 Å². The Kier molecular flexibility index (Phi) is 3.92. The van der Waals surface area contributed by atoms with Gasteiger partial charge in [-0.25, -0.2) is 4.52 Å². The minimum atomic E-state index is -0.159. The summed E-state index contributed by atoms with van der Waals surface area (Å²) in [5, 5.41) is 4.52. The molecule has 0 atom stereocenters. The van der Waals surface area contributed by atoms with Crippen molar-refractivity contribution in [3.63, 3.8) is 0 Å². The van der Waals surface area contributed by atoms with Crippen molar-refractivity contribution in [3.05, 3.63) is 35.2 Å². The van der Waals surface area contributed by atoms with Crippen molar-refractivity contribution < 1.29 is 9.53 Å². The molecule has 1 fully saturated rings. The molecule has 0 unspecified atom stereocenters. The van der Waals surface area contributed by atoms with Crippen LogP contribution in [0, 0.1) is 0 Å². The normalized spacial score (nSPS) is 14.6. The summed E-state index contributed by atoms with van der Waals surface area (Å²) in [5.74, 6) is 0.515. The number of hydrogen-bond acceptors (Lipinski definition) is 4. The summed E-state index contributed by atoms with van der Waals surface area (Å²) in [7, 11) is 0. The Hall–Kier alpha value is -1.88. The molecular formula is C16H21N3O2. The quantitative estimate of drug-likeness (QED) is 0.827. The molecule has 0 spiro atoms. The molecule has 5 heteroatoms. The van der Waals surface area contributed by atoms with Gasteiger partial charge in [0.25, 0.3) is 0 Å². The van der Waals surface area contributed by atoms with E-state index in [1.807, 2.05) is 17.5 Å². The summed E-state index contributed by atoms with van der Waals surface area (Å²) in [6, 6.07) is 6.40. The lowest BCUT2D eigenvalue weighted by Crippen LogP contribution is -2.08. The van der Waals surface area contributed by atoms with E-state index in [9.17, 15) is 4.79 Å². The number of esters is 1. The maximum Gasteiger partial charge on any atom is 0.306 e. The number of ether oxygens (including phenoxy) is 1. The van der Waals surface area contributed by atoms with Crippen LogP contribution in [0.5, 0.6) is 0 Å². The van der Waals surface area contributed by atoms with Gasteiger partial charge in [-0.3, -0.25) is 4.79 Å². The molecule has 2 aromatic rings. The molecule has 2 N–H and O–H groups in total. The lowest BCUT2D eigenvalue weighted by molar-refractivity contribution is -0.143. The molecule has 3 rings (SSSR count). The van der Waals surface area contributed by atoms with Crippen LogP contribution in [0.3, 0.4) is 0 Å². The van der Waals surface area contributed by atoms with E-state index in [1.165, 1.54) is 18.4 Å². The maximum atomic E-state index is 11.6. The summed E-state index contributed by atoms with van der Waals surface area (Å²) < 4.78 is 6.91. The Morgan fingerprint density at radius 2 is 2.24 bits per heavy atom. The fraction of sp³-hybridized carbons (Fsp3) is 0.500. The second kappa shape index (κ2) is 5.85. The lowest BCUT2D eigenvalue weighted by Gasteiger charge is -2.08. The molecule has 1 aliphatic carbocycles. The summed E-state index contributed by atoms with van der Waals surface area (Å²) in [6.45, 7) is 2.68. The van der Waals surface area contributed by atoms with Gasteiger partial charge in [-0.1, -0.05) is 0 Å². The third-order valence-electron chi connectivity index (χ3n) is 3.86. The van der Waals surface area contributed by atoms with Gasteiger partial charge in [0.1, 0.15) is 0 Å². The highest BCUT2D eigenvalue weighted by Gasteiger charge is 2.25. The van der Waals surface area contributed by atoms with Crippen molar-refractivity contribution in [2.75, 3.05) is 6.61 Å². The van der Waals surface area contributed by atoms with Crippen molar-refractivity contribution in [1.29, 1.82) is 0 Å². The van der Waals surface area contributed by atoms with Crippen LogP contribution >= 0.6 is 0 Å². The summed E-state index contributed by atoms with van der Waals surface area (Å²) >= 11 is 0. The molecule has 0 aliphatic heterocycles. The first-order valence-electron chi connectivity index (χ1n) is 7.58. The van der Waals surface area contributed by atoms with Gasteiger partial charge < -0.3 is 10.5 Å². The number of aryl methyl sites for hydroxylation is 1.